The summed E-state index contributed by atoms with van der Waals surface area (Å²) in [5, 5.41) is 6.15. The minimum atomic E-state index is -0.592. The summed E-state index contributed by atoms with van der Waals surface area (Å²) in [7, 11) is 1.31. The van der Waals surface area contributed by atoms with Gasteiger partial charge in [0.1, 0.15) is 9.88 Å². The summed E-state index contributed by atoms with van der Waals surface area (Å²) < 4.78 is 4.76. The van der Waals surface area contributed by atoms with Crippen LogP contribution in [-0.2, 0) is 9.53 Å². The Kier molecular flexibility index (Phi) is 6.26. The van der Waals surface area contributed by atoms with Gasteiger partial charge in [0, 0.05) is 5.02 Å². The molecule has 0 unspecified atom stereocenters. The van der Waals surface area contributed by atoms with Crippen molar-refractivity contribution in [1.29, 1.82) is 0 Å². The molecule has 1 aromatic carbocycles. The Morgan fingerprint density at radius 2 is 2.04 bits per heavy atom. The molecule has 140 valence electrons. The molecule has 2 heterocycles. The van der Waals surface area contributed by atoms with E-state index in [9.17, 15) is 9.59 Å². The van der Waals surface area contributed by atoms with Gasteiger partial charge >= 0.3 is 5.97 Å². The molecule has 1 atom stereocenters. The molecule has 0 bridgehead atoms. The van der Waals surface area contributed by atoms with Crippen molar-refractivity contribution in [3.8, 4) is 9.88 Å². The molecule has 8 heteroatoms. The topological polar surface area (TPSA) is 68.3 Å². The van der Waals surface area contributed by atoms with Crippen LogP contribution in [0.3, 0.4) is 0 Å². The molecule has 1 amide bonds. The predicted octanol–water partition coefficient (Wildman–Crippen LogP) is 4.87. The predicted molar refractivity (Wildman–Crippen MR) is 108 cm³/mol. The van der Waals surface area contributed by atoms with Gasteiger partial charge in [-0.2, -0.15) is 0 Å². The molecule has 0 aliphatic rings. The minimum absolute atomic E-state index is 0.0123. The summed E-state index contributed by atoms with van der Waals surface area (Å²) in [6.45, 7) is 1.80. The van der Waals surface area contributed by atoms with Crippen LogP contribution < -0.4 is 5.32 Å². The van der Waals surface area contributed by atoms with Crippen molar-refractivity contribution in [3.05, 3.63) is 62.9 Å². The molecule has 0 fully saturated rings. The number of thiazole rings is 1. The number of thiophene rings is 1. The first-order chi connectivity index (χ1) is 13.0. The van der Waals surface area contributed by atoms with Gasteiger partial charge in [-0.3, -0.25) is 9.59 Å². The number of esters is 1. The zero-order valence-electron chi connectivity index (χ0n) is 14.7. The minimum Gasteiger partial charge on any atom is -0.469 e. The van der Waals surface area contributed by atoms with Gasteiger partial charge in [-0.15, -0.1) is 22.7 Å². The molecular formula is C19H17ClN2O3S2. The maximum atomic E-state index is 12.9. The fraction of sp³-hybridized carbons (Fsp3) is 0.211. The van der Waals surface area contributed by atoms with Crippen LogP contribution in [0.15, 0.2) is 41.8 Å². The second-order valence-corrected chi connectivity index (χ2v) is 8.09. The highest BCUT2D eigenvalue weighted by Gasteiger charge is 2.24. The first-order valence-electron chi connectivity index (χ1n) is 8.13. The van der Waals surface area contributed by atoms with Gasteiger partial charge in [0.15, 0.2) is 0 Å². The third kappa shape index (κ3) is 4.55. The smallest absolute Gasteiger partial charge is 0.307 e. The molecule has 0 radical (unpaired) electrons. The molecule has 3 aromatic rings. The van der Waals surface area contributed by atoms with Crippen molar-refractivity contribution in [2.75, 3.05) is 7.11 Å². The van der Waals surface area contributed by atoms with E-state index >= 15 is 0 Å². The number of amides is 1. The number of rotatable bonds is 6. The van der Waals surface area contributed by atoms with Crippen molar-refractivity contribution >= 4 is 46.2 Å². The van der Waals surface area contributed by atoms with Crippen molar-refractivity contribution in [1.82, 2.24) is 10.3 Å². The number of hydrogen-bond acceptors (Lipinski definition) is 6. The SMILES string of the molecule is COC(=O)C[C@@H](NC(=O)c1sc(-c2cccs2)nc1C)c1ccccc1Cl. The van der Waals surface area contributed by atoms with E-state index in [1.807, 2.05) is 23.6 Å². The van der Waals surface area contributed by atoms with E-state index in [1.54, 1.807) is 36.5 Å². The van der Waals surface area contributed by atoms with Crippen molar-refractivity contribution in [3.63, 3.8) is 0 Å². The Morgan fingerprint density at radius 3 is 2.70 bits per heavy atom. The lowest BCUT2D eigenvalue weighted by molar-refractivity contribution is -0.141. The first-order valence-corrected chi connectivity index (χ1v) is 10.2. The molecule has 27 heavy (non-hydrogen) atoms. The van der Waals surface area contributed by atoms with Crippen LogP contribution in [0.5, 0.6) is 0 Å². The lowest BCUT2D eigenvalue weighted by Gasteiger charge is -2.19. The average Bonchev–Trinajstić information content (AvgIpc) is 3.31. The number of carbonyl (C=O) groups is 2. The van der Waals surface area contributed by atoms with Crippen LogP contribution in [0.1, 0.15) is 33.4 Å². The first kappa shape index (κ1) is 19.5. The van der Waals surface area contributed by atoms with Gasteiger partial charge in [-0.05, 0) is 30.0 Å². The van der Waals surface area contributed by atoms with Gasteiger partial charge in [0.05, 0.1) is 30.1 Å². The summed E-state index contributed by atoms with van der Waals surface area (Å²) in [4.78, 5) is 30.7. The Morgan fingerprint density at radius 1 is 1.26 bits per heavy atom. The quantitative estimate of drug-likeness (QED) is 0.578. The number of hydrogen-bond donors (Lipinski definition) is 1. The van der Waals surface area contributed by atoms with E-state index in [0.717, 1.165) is 9.88 Å². The summed E-state index contributed by atoms with van der Waals surface area (Å²) >= 11 is 9.17. The monoisotopic (exact) mass is 420 g/mol. The highest BCUT2D eigenvalue weighted by molar-refractivity contribution is 7.22. The van der Waals surface area contributed by atoms with Gasteiger partial charge in [0.2, 0.25) is 0 Å². The normalized spacial score (nSPS) is 11.8. The number of ether oxygens (including phenoxy) is 1. The number of halogens is 1. The van der Waals surface area contributed by atoms with Gasteiger partial charge < -0.3 is 10.1 Å². The van der Waals surface area contributed by atoms with E-state index in [2.05, 4.69) is 10.3 Å². The lowest BCUT2D eigenvalue weighted by Crippen LogP contribution is -2.30. The standard InChI is InChI=1S/C19H17ClN2O3S2/c1-11-17(27-19(21-11)15-8-5-9-26-15)18(24)22-14(10-16(23)25-2)12-6-3-4-7-13(12)20/h3-9,14H,10H2,1-2H3,(H,22,24)/t14-/m1/s1. The van der Waals surface area contributed by atoms with Gasteiger partial charge in [-0.25, -0.2) is 4.98 Å². The van der Waals surface area contributed by atoms with E-state index in [4.69, 9.17) is 16.3 Å². The molecule has 0 aliphatic carbocycles. The van der Waals surface area contributed by atoms with E-state index in [0.29, 0.717) is 21.2 Å². The van der Waals surface area contributed by atoms with Crippen LogP contribution in [0, 0.1) is 6.92 Å². The zero-order chi connectivity index (χ0) is 19.4. The van der Waals surface area contributed by atoms with Crippen molar-refractivity contribution in [2.45, 2.75) is 19.4 Å². The number of aromatic nitrogens is 1. The van der Waals surface area contributed by atoms with Crippen LogP contribution in [0.25, 0.3) is 9.88 Å². The van der Waals surface area contributed by atoms with E-state index in [-0.39, 0.29) is 12.3 Å². The molecule has 0 spiro atoms. The van der Waals surface area contributed by atoms with Crippen molar-refractivity contribution in [2.24, 2.45) is 0 Å². The van der Waals surface area contributed by atoms with Crippen LogP contribution in [0.2, 0.25) is 5.02 Å². The van der Waals surface area contributed by atoms with Crippen LogP contribution >= 0.6 is 34.3 Å². The molecule has 0 saturated carbocycles. The number of methoxy groups -OCH3 is 1. The zero-order valence-corrected chi connectivity index (χ0v) is 17.1. The Hall–Kier alpha value is -2.22. The Balaban J connectivity index is 1.86. The van der Waals surface area contributed by atoms with E-state index in [1.165, 1.54) is 18.4 Å². The van der Waals surface area contributed by atoms with Gasteiger partial charge in [-0.1, -0.05) is 35.9 Å². The highest BCUT2D eigenvalue weighted by Crippen LogP contribution is 2.32. The largest absolute Gasteiger partial charge is 0.469 e. The van der Waals surface area contributed by atoms with Crippen LogP contribution in [0.4, 0.5) is 0 Å². The number of carbonyl (C=O) groups excluding carboxylic acids is 2. The average molecular weight is 421 g/mol. The van der Waals surface area contributed by atoms with Gasteiger partial charge in [0.25, 0.3) is 5.91 Å². The molecule has 5 nitrogen and oxygen atoms in total. The third-order valence-corrected chi connectivity index (χ3v) is 6.46. The number of nitrogens with one attached hydrogen (secondary N) is 1. The van der Waals surface area contributed by atoms with Crippen LogP contribution in [-0.4, -0.2) is 24.0 Å². The molecule has 0 aliphatic heterocycles. The maximum absolute atomic E-state index is 12.9. The fourth-order valence-corrected chi connectivity index (χ4v) is 4.62. The maximum Gasteiger partial charge on any atom is 0.307 e. The summed E-state index contributed by atoms with van der Waals surface area (Å²) in [5.41, 5.74) is 1.32. The third-order valence-electron chi connectivity index (χ3n) is 3.92. The summed E-state index contributed by atoms with van der Waals surface area (Å²) in [5.74, 6) is -0.720. The highest BCUT2D eigenvalue weighted by atomic mass is 35.5. The Bertz CT molecular complexity index is 954. The fourth-order valence-electron chi connectivity index (χ4n) is 2.58. The second-order valence-electron chi connectivity index (χ2n) is 5.74. The number of benzene rings is 1. The number of aryl methyl sites for hydroxylation is 1. The second kappa shape index (κ2) is 8.65. The Labute approximate surface area is 170 Å². The number of nitrogens with zero attached hydrogens (tertiary/aromatic N) is 1. The lowest BCUT2D eigenvalue weighted by atomic mass is 10.0. The van der Waals surface area contributed by atoms with E-state index < -0.39 is 12.0 Å². The molecule has 2 aromatic heterocycles. The molecule has 3 rings (SSSR count). The molecule has 0 saturated heterocycles. The molecule has 1 N–H and O–H groups in total. The van der Waals surface area contributed by atoms with Crippen molar-refractivity contribution < 1.29 is 14.3 Å². The summed E-state index contributed by atoms with van der Waals surface area (Å²) in [6, 6.07) is 10.4. The summed E-state index contributed by atoms with van der Waals surface area (Å²) in [6.07, 6.45) is -0.0123. The molecular weight excluding hydrogens is 404 g/mol.